The van der Waals surface area contributed by atoms with Crippen LogP contribution in [0.4, 0.5) is 5.82 Å². The maximum absolute atomic E-state index is 12.1. The summed E-state index contributed by atoms with van der Waals surface area (Å²) in [5, 5.41) is 13.5. The van der Waals surface area contributed by atoms with E-state index < -0.39 is 15.6 Å². The van der Waals surface area contributed by atoms with E-state index >= 15 is 0 Å². The normalized spacial score (nSPS) is 20.2. The molecule has 0 unspecified atom stereocenters. The van der Waals surface area contributed by atoms with Crippen LogP contribution in [0.3, 0.4) is 0 Å². The fourth-order valence-electron chi connectivity index (χ4n) is 1.80. The van der Waals surface area contributed by atoms with E-state index in [4.69, 9.17) is 5.73 Å². The Balaban J connectivity index is 2.30. The Bertz CT molecular complexity index is 526. The number of aliphatic hydroxyl groups is 1. The Morgan fingerprint density at radius 2 is 2.18 bits per heavy atom. The van der Waals surface area contributed by atoms with Crippen LogP contribution in [0.25, 0.3) is 0 Å². The largest absolute Gasteiger partial charge is 0.387 e. The number of rotatable bonds is 3. The molecule has 0 saturated carbocycles. The standard InChI is InChI=1S/C9H16N4O3S/c1-3-12-4-7(8(10)11-12)17(15,16)13-5-9(2,14)6-13/h4,14H,3,5-6H2,1-2H3,(H2,10,11). The van der Waals surface area contributed by atoms with Crippen molar-refractivity contribution in [3.63, 3.8) is 0 Å². The maximum atomic E-state index is 12.1. The first kappa shape index (κ1) is 12.3. The lowest BCUT2D eigenvalue weighted by atomic mass is 10.0. The zero-order chi connectivity index (χ0) is 12.8. The molecular weight excluding hydrogens is 244 g/mol. The molecule has 1 aliphatic heterocycles. The van der Waals surface area contributed by atoms with Crippen LogP contribution in [0.15, 0.2) is 11.1 Å². The second-order valence-corrected chi connectivity index (χ2v) is 6.41. The van der Waals surface area contributed by atoms with Crippen LogP contribution < -0.4 is 5.73 Å². The van der Waals surface area contributed by atoms with Crippen molar-refractivity contribution in [1.82, 2.24) is 14.1 Å². The predicted octanol–water partition coefficient (Wildman–Crippen LogP) is -0.759. The van der Waals surface area contributed by atoms with Crippen LogP contribution in [0.5, 0.6) is 0 Å². The van der Waals surface area contributed by atoms with Gasteiger partial charge in [0.15, 0.2) is 5.82 Å². The van der Waals surface area contributed by atoms with Gasteiger partial charge in [-0.2, -0.15) is 9.40 Å². The molecule has 96 valence electrons. The molecule has 0 aliphatic carbocycles. The summed E-state index contributed by atoms with van der Waals surface area (Å²) >= 11 is 0. The molecule has 1 fully saturated rings. The predicted molar refractivity (Wildman–Crippen MR) is 61.7 cm³/mol. The van der Waals surface area contributed by atoms with Gasteiger partial charge >= 0.3 is 0 Å². The first-order valence-corrected chi connectivity index (χ1v) is 6.76. The fraction of sp³-hybridized carbons (Fsp3) is 0.667. The third-order valence-corrected chi connectivity index (χ3v) is 4.54. The van der Waals surface area contributed by atoms with Gasteiger partial charge in [0.2, 0.25) is 10.0 Å². The molecule has 1 aromatic heterocycles. The molecule has 2 heterocycles. The average molecular weight is 260 g/mol. The highest BCUT2D eigenvalue weighted by atomic mass is 32.2. The van der Waals surface area contributed by atoms with Crippen LogP contribution in [0.2, 0.25) is 0 Å². The molecule has 2 rings (SSSR count). The lowest BCUT2D eigenvalue weighted by molar-refractivity contribution is -0.0426. The number of nitrogens with two attached hydrogens (primary N) is 1. The van der Waals surface area contributed by atoms with Crippen molar-refractivity contribution in [3.05, 3.63) is 6.20 Å². The molecule has 0 aromatic carbocycles. The minimum atomic E-state index is -3.63. The summed E-state index contributed by atoms with van der Waals surface area (Å²) in [7, 11) is -3.63. The zero-order valence-electron chi connectivity index (χ0n) is 9.79. The molecule has 8 heteroatoms. The fourth-order valence-corrected chi connectivity index (χ4v) is 3.54. The van der Waals surface area contributed by atoms with Gasteiger partial charge in [0.25, 0.3) is 0 Å². The number of hydrogen-bond acceptors (Lipinski definition) is 5. The van der Waals surface area contributed by atoms with E-state index in [-0.39, 0.29) is 23.8 Å². The number of sulfonamides is 1. The molecule has 0 spiro atoms. The van der Waals surface area contributed by atoms with E-state index in [0.717, 1.165) is 0 Å². The molecule has 0 bridgehead atoms. The van der Waals surface area contributed by atoms with Crippen molar-refractivity contribution in [3.8, 4) is 0 Å². The Hall–Kier alpha value is -1.12. The molecule has 0 amide bonds. The molecule has 7 nitrogen and oxygen atoms in total. The number of β-amino-alcohol motifs (C(OH)–C–C–N with tert-alkyl or cyclic N) is 1. The Morgan fingerprint density at radius 1 is 1.59 bits per heavy atom. The topological polar surface area (TPSA) is 101 Å². The second kappa shape index (κ2) is 3.69. The monoisotopic (exact) mass is 260 g/mol. The summed E-state index contributed by atoms with van der Waals surface area (Å²) in [5.41, 5.74) is 4.65. The van der Waals surface area contributed by atoms with E-state index in [1.165, 1.54) is 15.2 Å². The first-order valence-electron chi connectivity index (χ1n) is 5.32. The Morgan fingerprint density at radius 3 is 2.59 bits per heavy atom. The number of aromatic nitrogens is 2. The third kappa shape index (κ3) is 2.03. The highest BCUT2D eigenvalue weighted by Crippen LogP contribution is 2.29. The number of aryl methyl sites for hydroxylation is 1. The van der Waals surface area contributed by atoms with Crippen molar-refractivity contribution in [2.24, 2.45) is 0 Å². The minimum Gasteiger partial charge on any atom is -0.387 e. The summed E-state index contributed by atoms with van der Waals surface area (Å²) in [6.45, 7) is 4.17. The molecule has 1 aliphatic rings. The van der Waals surface area contributed by atoms with Gasteiger partial charge in [-0.05, 0) is 13.8 Å². The van der Waals surface area contributed by atoms with E-state index in [2.05, 4.69) is 5.10 Å². The molecule has 0 radical (unpaired) electrons. The van der Waals surface area contributed by atoms with Crippen molar-refractivity contribution in [2.45, 2.75) is 30.9 Å². The Kier molecular flexibility index (Phi) is 2.68. The second-order valence-electron chi connectivity index (χ2n) is 4.50. The van der Waals surface area contributed by atoms with Crippen LogP contribution in [-0.4, -0.2) is 46.3 Å². The van der Waals surface area contributed by atoms with Gasteiger partial charge in [-0.15, -0.1) is 0 Å². The van der Waals surface area contributed by atoms with Gasteiger partial charge in [-0.25, -0.2) is 8.42 Å². The molecular formula is C9H16N4O3S. The number of nitrogen functional groups attached to an aromatic ring is 1. The molecule has 0 atom stereocenters. The highest BCUT2D eigenvalue weighted by Gasteiger charge is 2.45. The van der Waals surface area contributed by atoms with Gasteiger partial charge < -0.3 is 10.8 Å². The van der Waals surface area contributed by atoms with Gasteiger partial charge in [0.05, 0.1) is 5.60 Å². The highest BCUT2D eigenvalue weighted by molar-refractivity contribution is 7.89. The lowest BCUT2D eigenvalue weighted by Gasteiger charge is -2.42. The van der Waals surface area contributed by atoms with E-state index in [9.17, 15) is 13.5 Å². The third-order valence-electron chi connectivity index (χ3n) is 2.73. The van der Waals surface area contributed by atoms with Crippen LogP contribution in [0.1, 0.15) is 13.8 Å². The molecule has 1 aromatic rings. The number of hydrogen-bond donors (Lipinski definition) is 2. The van der Waals surface area contributed by atoms with E-state index in [0.29, 0.717) is 6.54 Å². The van der Waals surface area contributed by atoms with Crippen LogP contribution in [0, 0.1) is 0 Å². The van der Waals surface area contributed by atoms with Gasteiger partial charge in [0, 0.05) is 25.8 Å². The maximum Gasteiger partial charge on any atom is 0.248 e. The van der Waals surface area contributed by atoms with Gasteiger partial charge in [-0.3, -0.25) is 4.68 Å². The van der Waals surface area contributed by atoms with Crippen LogP contribution >= 0.6 is 0 Å². The minimum absolute atomic E-state index is 0.00149. The first-order chi connectivity index (χ1) is 7.76. The van der Waals surface area contributed by atoms with Crippen molar-refractivity contribution >= 4 is 15.8 Å². The number of anilines is 1. The summed E-state index contributed by atoms with van der Waals surface area (Å²) in [6, 6.07) is 0. The SMILES string of the molecule is CCn1cc(S(=O)(=O)N2CC(C)(O)C2)c(N)n1. The van der Waals surface area contributed by atoms with E-state index in [1.807, 2.05) is 6.92 Å². The molecule has 17 heavy (non-hydrogen) atoms. The number of nitrogens with zero attached hydrogens (tertiary/aromatic N) is 3. The summed E-state index contributed by atoms with van der Waals surface area (Å²) in [5.74, 6) is -0.00149. The molecule has 3 N–H and O–H groups in total. The van der Waals surface area contributed by atoms with E-state index in [1.54, 1.807) is 6.92 Å². The van der Waals surface area contributed by atoms with Crippen molar-refractivity contribution in [2.75, 3.05) is 18.8 Å². The van der Waals surface area contributed by atoms with Gasteiger partial charge in [0.1, 0.15) is 4.90 Å². The zero-order valence-corrected chi connectivity index (χ0v) is 10.6. The lowest BCUT2D eigenvalue weighted by Crippen LogP contribution is -2.61. The Labute approximate surface area is 99.9 Å². The summed E-state index contributed by atoms with van der Waals surface area (Å²) in [4.78, 5) is 0.00912. The quantitative estimate of drug-likeness (QED) is 0.744. The van der Waals surface area contributed by atoms with Crippen molar-refractivity contribution < 1.29 is 13.5 Å². The molecule has 1 saturated heterocycles. The van der Waals surface area contributed by atoms with Crippen LogP contribution in [-0.2, 0) is 16.6 Å². The average Bonchev–Trinajstić information content (AvgIpc) is 2.56. The summed E-state index contributed by atoms with van der Waals surface area (Å²) < 4.78 is 26.9. The van der Waals surface area contributed by atoms with Gasteiger partial charge in [-0.1, -0.05) is 0 Å². The van der Waals surface area contributed by atoms with Crippen molar-refractivity contribution in [1.29, 1.82) is 0 Å². The smallest absolute Gasteiger partial charge is 0.248 e. The summed E-state index contributed by atoms with van der Waals surface area (Å²) in [6.07, 6.45) is 1.41.